The minimum atomic E-state index is -0.484. The molecule has 0 saturated carbocycles. The van der Waals surface area contributed by atoms with E-state index in [4.69, 9.17) is 0 Å². The molecule has 0 atom stereocenters. The highest BCUT2D eigenvalue weighted by Gasteiger charge is 2.19. The Morgan fingerprint density at radius 3 is 2.05 bits per heavy atom. The van der Waals surface area contributed by atoms with Crippen LogP contribution in [0.2, 0.25) is 0 Å². The maximum atomic E-state index is 14.1. The van der Waals surface area contributed by atoms with Crippen molar-refractivity contribution in [2.24, 2.45) is 0 Å². The predicted molar refractivity (Wildman–Crippen MR) is 76.5 cm³/mol. The van der Waals surface area contributed by atoms with Gasteiger partial charge in [0.15, 0.2) is 0 Å². The summed E-state index contributed by atoms with van der Waals surface area (Å²) in [5.74, 6) is -0.968. The molecule has 108 valence electrons. The first-order valence-electron chi connectivity index (χ1n) is 6.96. The monoisotopic (exact) mass is 270 g/mol. The van der Waals surface area contributed by atoms with Gasteiger partial charge in [0.05, 0.1) is 0 Å². The van der Waals surface area contributed by atoms with Crippen molar-refractivity contribution < 1.29 is 8.78 Å². The molecule has 0 unspecified atom stereocenters. The van der Waals surface area contributed by atoms with E-state index in [1.165, 1.54) is 12.1 Å². The van der Waals surface area contributed by atoms with E-state index in [0.717, 1.165) is 19.4 Å². The van der Waals surface area contributed by atoms with Crippen molar-refractivity contribution in [2.45, 2.75) is 46.2 Å². The van der Waals surface area contributed by atoms with E-state index in [9.17, 15) is 8.78 Å². The summed E-state index contributed by atoms with van der Waals surface area (Å²) in [7, 11) is 1.75. The van der Waals surface area contributed by atoms with Crippen LogP contribution in [-0.2, 0) is 6.54 Å². The molecular formula is C15H24F2N2. The zero-order valence-electron chi connectivity index (χ0n) is 12.3. The van der Waals surface area contributed by atoms with Gasteiger partial charge in [0.2, 0.25) is 0 Å². The molecule has 1 rings (SSSR count). The molecule has 4 heteroatoms. The van der Waals surface area contributed by atoms with Gasteiger partial charge in [0.1, 0.15) is 17.3 Å². The molecule has 1 aromatic rings. The molecule has 1 N–H and O–H groups in total. The van der Waals surface area contributed by atoms with E-state index in [0.29, 0.717) is 12.1 Å². The second-order valence-electron chi connectivity index (χ2n) is 4.77. The van der Waals surface area contributed by atoms with Gasteiger partial charge in [-0.05, 0) is 37.1 Å². The predicted octanol–water partition coefficient (Wildman–Crippen LogP) is 3.70. The van der Waals surface area contributed by atoms with Gasteiger partial charge in [0.25, 0.3) is 0 Å². The first-order valence-corrected chi connectivity index (χ1v) is 6.96. The normalized spacial score (nSPS) is 11.1. The molecule has 0 fully saturated rings. The number of nitrogens with zero attached hydrogens (tertiary/aromatic N) is 1. The van der Waals surface area contributed by atoms with Crippen LogP contribution >= 0.6 is 0 Å². The lowest BCUT2D eigenvalue weighted by atomic mass is 10.1. The van der Waals surface area contributed by atoms with Gasteiger partial charge in [-0.15, -0.1) is 0 Å². The fourth-order valence-corrected chi connectivity index (χ4v) is 2.35. The Morgan fingerprint density at radius 2 is 1.63 bits per heavy atom. The minimum Gasteiger partial charge on any atom is -0.367 e. The smallest absolute Gasteiger partial charge is 0.149 e. The van der Waals surface area contributed by atoms with Gasteiger partial charge >= 0.3 is 0 Å². The lowest BCUT2D eigenvalue weighted by Gasteiger charge is -2.29. The summed E-state index contributed by atoms with van der Waals surface area (Å²) in [5, 5.41) is 3.07. The van der Waals surface area contributed by atoms with Crippen molar-refractivity contribution in [1.29, 1.82) is 0 Å². The Kier molecular flexibility index (Phi) is 6.22. The highest BCUT2D eigenvalue weighted by Crippen LogP contribution is 2.27. The molecule has 0 aliphatic rings. The summed E-state index contributed by atoms with van der Waals surface area (Å²) in [6.45, 7) is 7.28. The summed E-state index contributed by atoms with van der Waals surface area (Å²) in [4.78, 5) is 1.71. The summed E-state index contributed by atoms with van der Waals surface area (Å²) in [6, 6.07) is 2.99. The number of hydrogen-bond acceptors (Lipinski definition) is 2. The van der Waals surface area contributed by atoms with Crippen molar-refractivity contribution in [2.75, 3.05) is 18.5 Å². The Bertz CT molecular complexity index is 380. The highest BCUT2D eigenvalue weighted by atomic mass is 19.1. The lowest BCUT2D eigenvalue weighted by Crippen LogP contribution is -2.32. The molecule has 19 heavy (non-hydrogen) atoms. The topological polar surface area (TPSA) is 15.3 Å². The van der Waals surface area contributed by atoms with Crippen molar-refractivity contribution >= 4 is 5.69 Å². The molecule has 2 nitrogen and oxygen atoms in total. The molecule has 0 bridgehead atoms. The van der Waals surface area contributed by atoms with E-state index in [2.05, 4.69) is 5.32 Å². The molecule has 0 radical (unpaired) electrons. The first kappa shape index (κ1) is 15.9. The quantitative estimate of drug-likeness (QED) is 0.812. The molecule has 0 heterocycles. The summed E-state index contributed by atoms with van der Waals surface area (Å²) in [5.41, 5.74) is 0.715. The van der Waals surface area contributed by atoms with E-state index in [1.54, 1.807) is 11.9 Å². The summed E-state index contributed by atoms with van der Waals surface area (Å²) < 4.78 is 28.2. The van der Waals surface area contributed by atoms with Crippen LogP contribution in [0.25, 0.3) is 0 Å². The fourth-order valence-electron chi connectivity index (χ4n) is 2.35. The molecular weight excluding hydrogens is 246 g/mol. The van der Waals surface area contributed by atoms with Crippen LogP contribution < -0.4 is 10.2 Å². The SMILES string of the molecule is CCNCc1cc(F)c(N(C)C(CC)CC)c(F)c1. The standard InChI is InChI=1S/C15H24F2N2/c1-5-12(6-2)19(4)15-13(16)8-11(9-14(15)17)10-18-7-3/h8-9,12,18H,5-7,10H2,1-4H3. The number of hydrogen-bond donors (Lipinski definition) is 1. The van der Waals surface area contributed by atoms with Gasteiger partial charge in [-0.1, -0.05) is 20.8 Å². The molecule has 1 aromatic carbocycles. The first-order chi connectivity index (χ1) is 9.04. The van der Waals surface area contributed by atoms with Gasteiger partial charge in [0, 0.05) is 19.6 Å². The largest absolute Gasteiger partial charge is 0.367 e. The average Bonchev–Trinajstić information content (AvgIpc) is 2.37. The molecule has 0 aromatic heterocycles. The van der Waals surface area contributed by atoms with E-state index in [-0.39, 0.29) is 11.7 Å². The van der Waals surface area contributed by atoms with Gasteiger partial charge in [-0.3, -0.25) is 0 Å². The highest BCUT2D eigenvalue weighted by molar-refractivity contribution is 5.51. The second kappa shape index (κ2) is 7.43. The molecule has 0 aliphatic heterocycles. The van der Waals surface area contributed by atoms with E-state index >= 15 is 0 Å². The van der Waals surface area contributed by atoms with Gasteiger partial charge < -0.3 is 10.2 Å². The number of benzene rings is 1. The molecule has 0 aliphatic carbocycles. The Hall–Kier alpha value is -1.16. The molecule has 0 saturated heterocycles. The van der Waals surface area contributed by atoms with Crippen LogP contribution in [0, 0.1) is 11.6 Å². The van der Waals surface area contributed by atoms with Gasteiger partial charge in [-0.2, -0.15) is 0 Å². The number of halogens is 2. The lowest BCUT2D eigenvalue weighted by molar-refractivity contribution is 0.533. The number of rotatable bonds is 7. The van der Waals surface area contributed by atoms with Crippen LogP contribution in [0.1, 0.15) is 39.2 Å². The summed E-state index contributed by atoms with van der Waals surface area (Å²) >= 11 is 0. The van der Waals surface area contributed by atoms with Crippen LogP contribution in [0.3, 0.4) is 0 Å². The van der Waals surface area contributed by atoms with Crippen LogP contribution in [0.4, 0.5) is 14.5 Å². The maximum absolute atomic E-state index is 14.1. The summed E-state index contributed by atoms with van der Waals surface area (Å²) in [6.07, 6.45) is 1.73. The third-order valence-corrected chi connectivity index (χ3v) is 3.50. The van der Waals surface area contributed by atoms with Crippen molar-refractivity contribution in [3.05, 3.63) is 29.3 Å². The van der Waals surface area contributed by atoms with Crippen LogP contribution in [-0.4, -0.2) is 19.6 Å². The fraction of sp³-hybridized carbons (Fsp3) is 0.600. The zero-order chi connectivity index (χ0) is 14.4. The van der Waals surface area contributed by atoms with E-state index < -0.39 is 11.6 Å². The second-order valence-corrected chi connectivity index (χ2v) is 4.77. The van der Waals surface area contributed by atoms with Gasteiger partial charge in [-0.25, -0.2) is 8.78 Å². The Labute approximate surface area is 114 Å². The Balaban J connectivity index is 3.02. The van der Waals surface area contributed by atoms with Crippen molar-refractivity contribution in [3.63, 3.8) is 0 Å². The van der Waals surface area contributed by atoms with E-state index in [1.807, 2.05) is 20.8 Å². The third-order valence-electron chi connectivity index (χ3n) is 3.50. The van der Waals surface area contributed by atoms with Crippen molar-refractivity contribution in [1.82, 2.24) is 5.32 Å². The van der Waals surface area contributed by atoms with Crippen LogP contribution in [0.5, 0.6) is 0 Å². The number of anilines is 1. The molecule has 0 amide bonds. The maximum Gasteiger partial charge on any atom is 0.149 e. The molecule has 0 spiro atoms. The average molecular weight is 270 g/mol. The zero-order valence-corrected chi connectivity index (χ0v) is 12.3. The number of nitrogens with one attached hydrogen (secondary N) is 1. The van der Waals surface area contributed by atoms with Crippen molar-refractivity contribution in [3.8, 4) is 0 Å². The van der Waals surface area contributed by atoms with Crippen LogP contribution in [0.15, 0.2) is 12.1 Å². The third kappa shape index (κ3) is 3.90. The Morgan fingerprint density at radius 1 is 1.11 bits per heavy atom. The minimum absolute atomic E-state index is 0.0777.